The van der Waals surface area contributed by atoms with Gasteiger partial charge < -0.3 is 15.4 Å². The number of hydrogen-bond acceptors (Lipinski definition) is 6. The molecule has 2 N–H and O–H groups in total. The summed E-state index contributed by atoms with van der Waals surface area (Å²) in [5.41, 5.74) is 1.37. The van der Waals surface area contributed by atoms with Crippen LogP contribution in [-0.4, -0.2) is 30.5 Å². The standard InChI is InChI=1S/C17H16ClN3O5/c1-10-3-4-11(18)7-15(10)20-16(22)9-26-17(23)13-8-12(21(24)25)5-6-14(13)19-2/h3-8,19H,9H2,1-2H3,(H,20,22). The van der Waals surface area contributed by atoms with Gasteiger partial charge in [-0.15, -0.1) is 0 Å². The molecule has 0 aromatic heterocycles. The number of esters is 1. The second-order valence-corrected chi connectivity index (χ2v) is 5.76. The van der Waals surface area contributed by atoms with Crippen LogP contribution >= 0.6 is 11.6 Å². The van der Waals surface area contributed by atoms with Crippen LogP contribution in [0.1, 0.15) is 15.9 Å². The molecule has 0 saturated heterocycles. The van der Waals surface area contributed by atoms with Crippen LogP contribution in [0.3, 0.4) is 0 Å². The minimum atomic E-state index is -0.851. The Bertz CT molecular complexity index is 869. The van der Waals surface area contributed by atoms with Gasteiger partial charge in [0.25, 0.3) is 11.6 Å². The fourth-order valence-corrected chi connectivity index (χ4v) is 2.33. The summed E-state index contributed by atoms with van der Waals surface area (Å²) in [4.78, 5) is 34.4. The predicted molar refractivity (Wildman–Crippen MR) is 97.7 cm³/mol. The van der Waals surface area contributed by atoms with E-state index < -0.39 is 23.4 Å². The first-order valence-electron chi connectivity index (χ1n) is 7.51. The number of rotatable bonds is 6. The fraction of sp³-hybridized carbons (Fsp3) is 0.176. The van der Waals surface area contributed by atoms with Gasteiger partial charge in [-0.05, 0) is 30.7 Å². The summed E-state index contributed by atoms with van der Waals surface area (Å²) in [5, 5.41) is 16.7. The molecule has 1 amide bonds. The molecular formula is C17H16ClN3O5. The quantitative estimate of drug-likeness (QED) is 0.453. The van der Waals surface area contributed by atoms with Crippen LogP contribution in [0.4, 0.5) is 17.1 Å². The summed E-state index contributed by atoms with van der Waals surface area (Å²) < 4.78 is 4.96. The van der Waals surface area contributed by atoms with Crippen molar-refractivity contribution in [2.45, 2.75) is 6.92 Å². The number of aryl methyl sites for hydroxylation is 1. The van der Waals surface area contributed by atoms with Crippen LogP contribution < -0.4 is 10.6 Å². The van der Waals surface area contributed by atoms with Gasteiger partial charge in [0.1, 0.15) is 0 Å². The van der Waals surface area contributed by atoms with Crippen LogP contribution in [-0.2, 0) is 9.53 Å². The summed E-state index contributed by atoms with van der Waals surface area (Å²) in [5.74, 6) is -1.41. The van der Waals surface area contributed by atoms with Crippen LogP contribution in [0.2, 0.25) is 5.02 Å². The number of non-ortho nitro benzene ring substituents is 1. The lowest BCUT2D eigenvalue weighted by Crippen LogP contribution is -2.21. The molecule has 2 aromatic rings. The van der Waals surface area contributed by atoms with Gasteiger partial charge in [0.05, 0.1) is 10.5 Å². The SMILES string of the molecule is CNc1ccc([N+](=O)[O-])cc1C(=O)OCC(=O)Nc1cc(Cl)ccc1C. The van der Waals surface area contributed by atoms with Crippen molar-refractivity contribution in [2.24, 2.45) is 0 Å². The number of halogens is 1. The van der Waals surface area contributed by atoms with Gasteiger partial charge in [-0.25, -0.2) is 4.79 Å². The van der Waals surface area contributed by atoms with Crippen molar-refractivity contribution in [1.82, 2.24) is 0 Å². The Labute approximate surface area is 154 Å². The molecule has 0 atom stereocenters. The second-order valence-electron chi connectivity index (χ2n) is 5.32. The number of carbonyl (C=O) groups excluding carboxylic acids is 2. The van der Waals surface area contributed by atoms with Crippen molar-refractivity contribution in [3.05, 3.63) is 62.7 Å². The first-order valence-corrected chi connectivity index (χ1v) is 7.89. The Kier molecular flexibility index (Phi) is 6.13. The minimum absolute atomic E-state index is 0.0339. The van der Waals surface area contributed by atoms with Crippen LogP contribution in [0.5, 0.6) is 0 Å². The second kappa shape index (κ2) is 8.30. The highest BCUT2D eigenvalue weighted by Crippen LogP contribution is 2.23. The van der Waals surface area contributed by atoms with E-state index in [1.165, 1.54) is 12.1 Å². The van der Waals surface area contributed by atoms with Crippen molar-refractivity contribution >= 4 is 40.5 Å². The van der Waals surface area contributed by atoms with Crippen LogP contribution in [0.25, 0.3) is 0 Å². The highest BCUT2D eigenvalue weighted by atomic mass is 35.5. The fourth-order valence-electron chi connectivity index (χ4n) is 2.16. The molecule has 0 fully saturated rings. The Morgan fingerprint density at radius 2 is 1.92 bits per heavy atom. The normalized spacial score (nSPS) is 10.1. The van der Waals surface area contributed by atoms with Gasteiger partial charge in [0.15, 0.2) is 6.61 Å². The number of hydrogen-bond donors (Lipinski definition) is 2. The molecule has 136 valence electrons. The van der Waals surface area contributed by atoms with E-state index in [4.69, 9.17) is 16.3 Å². The number of benzene rings is 2. The maximum atomic E-state index is 12.2. The molecule has 8 nitrogen and oxygen atoms in total. The number of nitro groups is 1. The van der Waals surface area contributed by atoms with Gasteiger partial charge in [-0.3, -0.25) is 14.9 Å². The molecule has 0 saturated carbocycles. The van der Waals surface area contributed by atoms with Crippen molar-refractivity contribution in [3.8, 4) is 0 Å². The zero-order valence-corrected chi connectivity index (χ0v) is 14.8. The molecule has 26 heavy (non-hydrogen) atoms. The Morgan fingerprint density at radius 1 is 1.19 bits per heavy atom. The number of amides is 1. The summed E-state index contributed by atoms with van der Waals surface area (Å²) in [6, 6.07) is 8.76. The van der Waals surface area contributed by atoms with Crippen molar-refractivity contribution in [3.63, 3.8) is 0 Å². The van der Waals surface area contributed by atoms with Gasteiger partial charge in [-0.2, -0.15) is 0 Å². The van der Waals surface area contributed by atoms with Crippen molar-refractivity contribution in [2.75, 3.05) is 24.3 Å². The van der Waals surface area contributed by atoms with Crippen molar-refractivity contribution < 1.29 is 19.2 Å². The number of nitrogens with zero attached hydrogens (tertiary/aromatic N) is 1. The third kappa shape index (κ3) is 4.70. The van der Waals surface area contributed by atoms with E-state index in [1.807, 2.05) is 0 Å². The zero-order chi connectivity index (χ0) is 19.3. The average molecular weight is 378 g/mol. The van der Waals surface area contributed by atoms with E-state index in [9.17, 15) is 19.7 Å². The summed E-state index contributed by atoms with van der Waals surface area (Å²) in [7, 11) is 1.56. The number of nitro benzene ring substituents is 1. The Balaban J connectivity index is 2.06. The highest BCUT2D eigenvalue weighted by molar-refractivity contribution is 6.31. The third-order valence-electron chi connectivity index (χ3n) is 3.51. The number of anilines is 2. The first kappa shape index (κ1) is 19.2. The average Bonchev–Trinajstić information content (AvgIpc) is 2.62. The molecule has 0 aliphatic carbocycles. The zero-order valence-electron chi connectivity index (χ0n) is 14.0. The smallest absolute Gasteiger partial charge is 0.341 e. The Hall–Kier alpha value is -3.13. The molecule has 0 heterocycles. The molecule has 0 radical (unpaired) electrons. The molecule has 0 bridgehead atoms. The van der Waals surface area contributed by atoms with Gasteiger partial charge in [0.2, 0.25) is 0 Å². The molecule has 2 aromatic carbocycles. The third-order valence-corrected chi connectivity index (χ3v) is 3.75. The van der Waals surface area contributed by atoms with Crippen LogP contribution in [0.15, 0.2) is 36.4 Å². The number of nitrogens with one attached hydrogen (secondary N) is 2. The number of carbonyl (C=O) groups is 2. The lowest BCUT2D eigenvalue weighted by Gasteiger charge is -2.11. The lowest BCUT2D eigenvalue weighted by atomic mass is 10.1. The first-order chi connectivity index (χ1) is 12.3. The topological polar surface area (TPSA) is 111 Å². The Morgan fingerprint density at radius 3 is 2.58 bits per heavy atom. The largest absolute Gasteiger partial charge is 0.452 e. The van der Waals surface area contributed by atoms with E-state index in [0.717, 1.165) is 11.6 Å². The predicted octanol–water partition coefficient (Wildman–Crippen LogP) is 3.39. The van der Waals surface area contributed by atoms with E-state index in [2.05, 4.69) is 10.6 Å². The van der Waals surface area contributed by atoms with Gasteiger partial charge >= 0.3 is 5.97 Å². The maximum absolute atomic E-state index is 12.2. The van der Waals surface area contributed by atoms with Gasteiger partial charge in [0, 0.05) is 35.6 Å². The van der Waals surface area contributed by atoms with E-state index in [0.29, 0.717) is 16.4 Å². The van der Waals surface area contributed by atoms with Gasteiger partial charge in [-0.1, -0.05) is 17.7 Å². The molecule has 9 heteroatoms. The molecule has 0 unspecified atom stereocenters. The molecular weight excluding hydrogens is 362 g/mol. The monoisotopic (exact) mass is 377 g/mol. The summed E-state index contributed by atoms with van der Waals surface area (Å²) in [6.45, 7) is 1.25. The van der Waals surface area contributed by atoms with E-state index in [-0.39, 0.29) is 11.3 Å². The van der Waals surface area contributed by atoms with E-state index >= 15 is 0 Å². The van der Waals surface area contributed by atoms with Crippen LogP contribution in [0, 0.1) is 17.0 Å². The molecule has 0 spiro atoms. The highest BCUT2D eigenvalue weighted by Gasteiger charge is 2.18. The molecule has 0 aliphatic rings. The number of ether oxygens (including phenoxy) is 1. The molecule has 0 aliphatic heterocycles. The maximum Gasteiger partial charge on any atom is 0.341 e. The van der Waals surface area contributed by atoms with E-state index in [1.54, 1.807) is 32.2 Å². The molecule has 2 rings (SSSR count). The summed E-state index contributed by atoms with van der Waals surface area (Å²) in [6.07, 6.45) is 0. The minimum Gasteiger partial charge on any atom is -0.452 e. The van der Waals surface area contributed by atoms with Crippen molar-refractivity contribution in [1.29, 1.82) is 0 Å². The lowest BCUT2D eigenvalue weighted by molar-refractivity contribution is -0.384. The summed E-state index contributed by atoms with van der Waals surface area (Å²) >= 11 is 5.88.